The van der Waals surface area contributed by atoms with E-state index in [1.807, 2.05) is 0 Å². The van der Waals surface area contributed by atoms with Gasteiger partial charge in [0.2, 0.25) is 0 Å². The Balaban J connectivity index is 2.94. The number of nitrogens with zero attached hydrogens (tertiary/aromatic N) is 3. The van der Waals surface area contributed by atoms with Crippen molar-refractivity contribution in [3.05, 3.63) is 24.3 Å². The summed E-state index contributed by atoms with van der Waals surface area (Å²) in [6, 6.07) is 8.80. The van der Waals surface area contributed by atoms with Gasteiger partial charge >= 0.3 is 0 Å². The normalized spacial score (nSPS) is 11.6. The van der Waals surface area contributed by atoms with Gasteiger partial charge in [0.05, 0.1) is 8.22 Å². The van der Waals surface area contributed by atoms with Crippen LogP contribution in [0.2, 0.25) is 0 Å². The minimum atomic E-state index is -0.357. The lowest BCUT2D eigenvalue weighted by Gasteiger charge is -2.30. The van der Waals surface area contributed by atoms with E-state index in [1.54, 1.807) is 0 Å². The molecule has 1 aromatic rings. The molecule has 1 rings (SSSR count). The average Bonchev–Trinajstić information content (AvgIpc) is 2.17. The third-order valence-electron chi connectivity index (χ3n) is 2.35. The summed E-state index contributed by atoms with van der Waals surface area (Å²) >= 11 is 0. The van der Waals surface area contributed by atoms with Crippen LogP contribution in [0, 0.1) is 0 Å². The minimum absolute atomic E-state index is 0.357. The highest BCUT2D eigenvalue weighted by Crippen LogP contribution is 2.38. The summed E-state index contributed by atoms with van der Waals surface area (Å²) in [6.07, 6.45) is 0. The second kappa shape index (κ2) is 5.62. The van der Waals surface area contributed by atoms with Crippen molar-refractivity contribution in [2.24, 2.45) is 0 Å². The monoisotopic (exact) mass is 239 g/mol. The summed E-state index contributed by atoms with van der Waals surface area (Å²) in [6.45, 7) is 0. The largest absolute Gasteiger partial charge is 0.378 e. The third-order valence-corrected chi connectivity index (χ3v) is 4.63. The first-order valence-electron chi connectivity index (χ1n) is 5.35. The van der Waals surface area contributed by atoms with Crippen LogP contribution in [-0.2, 0) is 0 Å². The van der Waals surface area contributed by atoms with Crippen LogP contribution in [0.1, 0.15) is 0 Å². The lowest BCUT2D eigenvalue weighted by Crippen LogP contribution is -2.24. The molecule has 0 heterocycles. The molecule has 0 atom stereocenters. The smallest absolute Gasteiger partial charge is 0.0713 e. The van der Waals surface area contributed by atoms with Crippen LogP contribution in [0.15, 0.2) is 24.3 Å². The second-order valence-corrected chi connectivity index (χ2v) is 7.09. The van der Waals surface area contributed by atoms with E-state index >= 15 is 0 Å². The zero-order chi connectivity index (χ0) is 12.3. The van der Waals surface area contributed by atoms with Gasteiger partial charge in [-0.1, -0.05) is 0 Å². The zero-order valence-corrected chi connectivity index (χ0v) is 12.0. The van der Waals surface area contributed by atoms with E-state index in [1.165, 1.54) is 11.0 Å². The standard InChI is InChI=1S/C12H22N3P/c1-13(2)11-7-9-12(10-8-11)16(14(3)4)15(5)6/h7-10H,1-6H3. The number of hydrogen-bond acceptors (Lipinski definition) is 3. The molecule has 0 radical (unpaired) electrons. The maximum Gasteiger partial charge on any atom is 0.0713 e. The summed E-state index contributed by atoms with van der Waals surface area (Å²) in [5.41, 5.74) is 1.25. The quantitative estimate of drug-likeness (QED) is 0.742. The molecule has 0 saturated carbocycles. The van der Waals surface area contributed by atoms with Gasteiger partial charge in [-0.05, 0) is 52.5 Å². The van der Waals surface area contributed by atoms with Crippen molar-refractivity contribution >= 4 is 19.2 Å². The Hall–Kier alpha value is -0.630. The van der Waals surface area contributed by atoms with Crippen LogP contribution >= 0.6 is 8.22 Å². The Morgan fingerprint density at radius 2 is 1.19 bits per heavy atom. The van der Waals surface area contributed by atoms with Crippen molar-refractivity contribution in [3.8, 4) is 0 Å². The molecule has 0 N–H and O–H groups in total. The summed E-state index contributed by atoms with van der Waals surface area (Å²) in [5.74, 6) is 0. The average molecular weight is 239 g/mol. The molecule has 0 aliphatic rings. The van der Waals surface area contributed by atoms with Crippen LogP contribution in [0.25, 0.3) is 0 Å². The van der Waals surface area contributed by atoms with Crippen molar-refractivity contribution in [1.29, 1.82) is 0 Å². The van der Waals surface area contributed by atoms with Crippen molar-refractivity contribution < 1.29 is 0 Å². The molecular weight excluding hydrogens is 217 g/mol. The molecular formula is C12H22N3P. The fraction of sp³-hybridized carbons (Fsp3) is 0.500. The number of rotatable bonds is 4. The predicted molar refractivity (Wildman–Crippen MR) is 74.7 cm³/mol. The maximum atomic E-state index is 2.28. The van der Waals surface area contributed by atoms with Crippen molar-refractivity contribution in [3.63, 3.8) is 0 Å². The fourth-order valence-corrected chi connectivity index (χ4v) is 3.76. The molecule has 1 aromatic carbocycles. The maximum absolute atomic E-state index is 2.28. The fourth-order valence-electron chi connectivity index (χ4n) is 1.70. The SMILES string of the molecule is CN(C)c1ccc(P(N(C)C)N(C)C)cc1. The van der Waals surface area contributed by atoms with Gasteiger partial charge < -0.3 is 4.90 Å². The molecule has 0 saturated heterocycles. The summed E-state index contributed by atoms with van der Waals surface area (Å²) < 4.78 is 4.56. The van der Waals surface area contributed by atoms with Gasteiger partial charge in [-0.15, -0.1) is 0 Å². The molecule has 0 aromatic heterocycles. The Labute approximate surface area is 101 Å². The topological polar surface area (TPSA) is 9.72 Å². The zero-order valence-electron chi connectivity index (χ0n) is 11.1. The molecule has 0 aliphatic carbocycles. The van der Waals surface area contributed by atoms with E-state index in [0.29, 0.717) is 0 Å². The molecule has 3 nitrogen and oxygen atoms in total. The van der Waals surface area contributed by atoms with Gasteiger partial charge in [-0.2, -0.15) is 0 Å². The summed E-state index contributed by atoms with van der Waals surface area (Å²) in [5, 5.41) is 1.38. The van der Waals surface area contributed by atoms with Gasteiger partial charge in [0.25, 0.3) is 0 Å². The molecule has 0 spiro atoms. The highest BCUT2D eigenvalue weighted by Gasteiger charge is 2.16. The van der Waals surface area contributed by atoms with Crippen molar-refractivity contribution in [2.75, 3.05) is 47.2 Å². The predicted octanol–water partition coefficient (Wildman–Crippen LogP) is 1.81. The number of anilines is 1. The highest BCUT2D eigenvalue weighted by atomic mass is 31.1. The molecule has 0 fully saturated rings. The number of benzene rings is 1. The van der Waals surface area contributed by atoms with E-state index in [0.717, 1.165) is 0 Å². The molecule has 90 valence electrons. The van der Waals surface area contributed by atoms with E-state index in [2.05, 4.69) is 80.8 Å². The second-order valence-electron chi connectivity index (χ2n) is 4.39. The van der Waals surface area contributed by atoms with E-state index in [-0.39, 0.29) is 8.22 Å². The first-order valence-corrected chi connectivity index (χ1v) is 6.60. The Morgan fingerprint density at radius 1 is 0.750 bits per heavy atom. The van der Waals surface area contributed by atoms with E-state index in [9.17, 15) is 0 Å². The van der Waals surface area contributed by atoms with Gasteiger partial charge in [0, 0.05) is 25.1 Å². The summed E-state index contributed by atoms with van der Waals surface area (Å²) in [4.78, 5) is 2.12. The molecule has 4 heteroatoms. The molecule has 0 unspecified atom stereocenters. The summed E-state index contributed by atoms with van der Waals surface area (Å²) in [7, 11) is 12.3. The van der Waals surface area contributed by atoms with E-state index in [4.69, 9.17) is 0 Å². The Morgan fingerprint density at radius 3 is 1.50 bits per heavy atom. The van der Waals surface area contributed by atoms with Crippen molar-refractivity contribution in [1.82, 2.24) is 9.34 Å². The van der Waals surface area contributed by atoms with Gasteiger partial charge in [-0.25, -0.2) is 0 Å². The van der Waals surface area contributed by atoms with Crippen LogP contribution in [0.5, 0.6) is 0 Å². The minimum Gasteiger partial charge on any atom is -0.378 e. The van der Waals surface area contributed by atoms with Crippen LogP contribution < -0.4 is 10.2 Å². The number of hydrogen-bond donors (Lipinski definition) is 0. The van der Waals surface area contributed by atoms with Crippen molar-refractivity contribution in [2.45, 2.75) is 0 Å². The van der Waals surface area contributed by atoms with Gasteiger partial charge in [0.15, 0.2) is 0 Å². The lowest BCUT2D eigenvalue weighted by molar-refractivity contribution is 0.584. The Bertz CT molecular complexity index is 312. The first-order chi connectivity index (χ1) is 7.43. The van der Waals surface area contributed by atoms with E-state index < -0.39 is 0 Å². The molecule has 16 heavy (non-hydrogen) atoms. The van der Waals surface area contributed by atoms with Gasteiger partial charge in [0.1, 0.15) is 0 Å². The van der Waals surface area contributed by atoms with Crippen LogP contribution in [-0.4, -0.2) is 51.6 Å². The van der Waals surface area contributed by atoms with Crippen LogP contribution in [0.3, 0.4) is 0 Å². The third kappa shape index (κ3) is 3.18. The highest BCUT2D eigenvalue weighted by molar-refractivity contribution is 7.60. The molecule has 0 bridgehead atoms. The Kier molecular flexibility index (Phi) is 4.72. The first kappa shape index (κ1) is 13.4. The van der Waals surface area contributed by atoms with Gasteiger partial charge in [-0.3, -0.25) is 9.34 Å². The molecule has 0 amide bonds. The van der Waals surface area contributed by atoms with Crippen LogP contribution in [0.4, 0.5) is 5.69 Å². The lowest BCUT2D eigenvalue weighted by atomic mass is 10.3. The molecule has 0 aliphatic heterocycles.